The minimum atomic E-state index is -2.92. The summed E-state index contributed by atoms with van der Waals surface area (Å²) in [5, 5.41) is 6.91. The van der Waals surface area contributed by atoms with Gasteiger partial charge in [0.2, 0.25) is 11.8 Å². The van der Waals surface area contributed by atoms with Gasteiger partial charge in [0.1, 0.15) is 10.8 Å². The van der Waals surface area contributed by atoms with Crippen molar-refractivity contribution in [3.05, 3.63) is 142 Å². The van der Waals surface area contributed by atoms with Gasteiger partial charge in [0, 0.05) is 76.7 Å². The predicted molar refractivity (Wildman–Crippen MR) is 237 cm³/mol. The number of hydrogen-bond acceptors (Lipinski definition) is 8. The number of amides is 2. The van der Waals surface area contributed by atoms with Gasteiger partial charge in [0.05, 0.1) is 0 Å². The molecule has 60 heavy (non-hydrogen) atoms. The topological polar surface area (TPSA) is 114 Å². The van der Waals surface area contributed by atoms with Crippen molar-refractivity contribution in [2.24, 2.45) is 0 Å². The lowest BCUT2D eigenvalue weighted by molar-refractivity contribution is -0.127. The van der Waals surface area contributed by atoms with Gasteiger partial charge < -0.3 is 37.2 Å². The Morgan fingerprint density at radius 3 is 0.950 bits per heavy atom. The highest BCUT2D eigenvalue weighted by atomic mass is 28.4. The summed E-state index contributed by atoms with van der Waals surface area (Å²) in [6.07, 6.45) is 1.26. The van der Waals surface area contributed by atoms with Gasteiger partial charge in [-0.05, 0) is 98.9 Å². The molecule has 0 fully saturated rings. The fourth-order valence-corrected chi connectivity index (χ4v) is 15.9. The Morgan fingerprint density at radius 2 is 0.700 bits per heavy atom. The second-order valence-electron chi connectivity index (χ2n) is 15.5. The second kappa shape index (κ2) is 19.0. The molecule has 4 bridgehead atoms. The van der Waals surface area contributed by atoms with Crippen LogP contribution in [-0.4, -0.2) is 82.2 Å². The van der Waals surface area contributed by atoms with Crippen LogP contribution in [-0.2, 0) is 47.0 Å². The highest BCUT2D eigenvalue weighted by molar-refractivity contribution is 6.61. The van der Waals surface area contributed by atoms with E-state index in [1.807, 2.05) is 90.1 Å². The molecule has 6 aliphatic carbocycles. The third-order valence-corrected chi connectivity index (χ3v) is 18.7. The smallest absolute Gasteiger partial charge is 0.374 e. The van der Waals surface area contributed by atoms with Crippen LogP contribution in [0, 0.1) is 0 Å². The van der Waals surface area contributed by atoms with Gasteiger partial charge in [-0.15, -0.1) is 0 Å². The van der Waals surface area contributed by atoms with Crippen molar-refractivity contribution in [1.82, 2.24) is 10.6 Å². The molecular formula is C48H62N2O8Si2. The molecule has 0 heterocycles. The van der Waals surface area contributed by atoms with Crippen LogP contribution in [0.1, 0.15) is 111 Å². The van der Waals surface area contributed by atoms with Crippen molar-refractivity contribution >= 4 is 29.4 Å². The Hall–Kier alpha value is -3.99. The molecule has 0 saturated heterocycles. The van der Waals surface area contributed by atoms with E-state index in [1.165, 1.54) is 0 Å². The standard InChI is InChI=1S/C48H62N2O8Si2/c1-7-53-59(54-8-2,55-9-3)33-21-31-49-45(51)47-39-27-17-13-23-35(39)44(36-24-14-18-28-40(36)47)48(46(52)50-32-22-34-60(56-10-4,57-11-5)58-12-6)41-29-19-15-25-37(41)43(47)38-26-16-20-30-42(38)48/h13-20,23-30,43-44H,7-12,21-22,31-34H2,1-6H3,(H,49,51)(H,50,52). The summed E-state index contributed by atoms with van der Waals surface area (Å²) >= 11 is 0. The molecule has 12 heteroatoms. The Kier molecular flexibility index (Phi) is 13.9. The summed E-state index contributed by atoms with van der Waals surface area (Å²) in [6, 6.07) is 34.5. The van der Waals surface area contributed by atoms with Crippen LogP contribution in [0.2, 0.25) is 12.1 Å². The van der Waals surface area contributed by atoms with Gasteiger partial charge in [-0.2, -0.15) is 0 Å². The van der Waals surface area contributed by atoms with Gasteiger partial charge in [0.25, 0.3) is 0 Å². The zero-order valence-corrected chi connectivity index (χ0v) is 38.1. The Morgan fingerprint density at radius 1 is 0.450 bits per heavy atom. The van der Waals surface area contributed by atoms with Crippen molar-refractivity contribution < 1.29 is 36.1 Å². The predicted octanol–water partition coefficient (Wildman–Crippen LogP) is 7.97. The van der Waals surface area contributed by atoms with Crippen LogP contribution in [0.4, 0.5) is 0 Å². The zero-order chi connectivity index (χ0) is 42.4. The van der Waals surface area contributed by atoms with E-state index in [-0.39, 0.29) is 11.8 Å². The Balaban J connectivity index is 1.35. The first-order valence-electron chi connectivity index (χ1n) is 22.1. The van der Waals surface area contributed by atoms with E-state index in [0.717, 1.165) is 44.5 Å². The lowest BCUT2D eigenvalue weighted by Crippen LogP contribution is -2.62. The highest BCUT2D eigenvalue weighted by Crippen LogP contribution is 2.68. The molecule has 4 aromatic rings. The van der Waals surface area contributed by atoms with Crippen LogP contribution >= 0.6 is 0 Å². The van der Waals surface area contributed by atoms with Gasteiger partial charge in [-0.1, -0.05) is 97.1 Å². The maximum absolute atomic E-state index is 15.8. The molecule has 2 N–H and O–H groups in total. The molecule has 0 spiro atoms. The van der Waals surface area contributed by atoms with E-state index >= 15 is 9.59 Å². The van der Waals surface area contributed by atoms with Gasteiger partial charge in [0.15, 0.2) is 0 Å². The average Bonchev–Trinajstić information content (AvgIpc) is 3.25. The monoisotopic (exact) mass is 850 g/mol. The molecule has 0 radical (unpaired) electrons. The van der Waals surface area contributed by atoms with E-state index in [9.17, 15) is 0 Å². The van der Waals surface area contributed by atoms with E-state index in [0.29, 0.717) is 77.7 Å². The summed E-state index contributed by atoms with van der Waals surface area (Å²) in [6.45, 7) is 15.5. The molecule has 0 saturated carbocycles. The van der Waals surface area contributed by atoms with Gasteiger partial charge in [-0.3, -0.25) is 9.59 Å². The van der Waals surface area contributed by atoms with E-state index < -0.39 is 40.3 Å². The first-order chi connectivity index (χ1) is 29.3. The molecule has 0 aliphatic heterocycles. The van der Waals surface area contributed by atoms with Crippen molar-refractivity contribution in [2.75, 3.05) is 52.7 Å². The van der Waals surface area contributed by atoms with Crippen LogP contribution in [0.25, 0.3) is 0 Å². The first kappa shape index (κ1) is 44.1. The molecule has 0 atom stereocenters. The van der Waals surface area contributed by atoms with Crippen LogP contribution in [0.5, 0.6) is 0 Å². The minimum Gasteiger partial charge on any atom is -0.374 e. The Labute approximate surface area is 358 Å². The van der Waals surface area contributed by atoms with E-state index in [1.54, 1.807) is 0 Å². The SMILES string of the molecule is CCO[Si](CCCNC(=O)C12c3ccccc3C(c3ccccc31)C1(C(=O)NCCC[Si](OCC)(OCC)OCC)c3ccccc3C2c2ccccc21)(OCC)OCC. The van der Waals surface area contributed by atoms with Crippen LogP contribution in [0.15, 0.2) is 97.1 Å². The number of carbonyl (C=O) groups excluding carboxylic acids is 2. The van der Waals surface area contributed by atoms with Crippen molar-refractivity contribution in [3.63, 3.8) is 0 Å². The zero-order valence-electron chi connectivity index (χ0n) is 36.1. The summed E-state index contributed by atoms with van der Waals surface area (Å²) in [5.74, 6) is -1.02. The minimum absolute atomic E-state index is 0.0728. The maximum Gasteiger partial charge on any atom is 0.500 e. The third-order valence-electron chi connectivity index (χ3n) is 12.4. The Bertz CT molecular complexity index is 1850. The fourth-order valence-electron chi connectivity index (χ4n) is 10.7. The molecule has 10 rings (SSSR count). The first-order valence-corrected chi connectivity index (χ1v) is 25.9. The fraction of sp³-hybridized carbons (Fsp3) is 0.458. The lowest BCUT2D eigenvalue weighted by Gasteiger charge is -2.59. The molecule has 10 nitrogen and oxygen atoms in total. The van der Waals surface area contributed by atoms with Gasteiger partial charge >= 0.3 is 17.6 Å². The molecule has 320 valence electrons. The number of carbonyl (C=O) groups is 2. The molecule has 2 amide bonds. The van der Waals surface area contributed by atoms with Crippen molar-refractivity contribution in [1.29, 1.82) is 0 Å². The van der Waals surface area contributed by atoms with E-state index in [4.69, 9.17) is 26.6 Å². The number of nitrogens with one attached hydrogen (secondary N) is 2. The summed E-state index contributed by atoms with van der Waals surface area (Å²) in [7, 11) is -5.85. The molecular weight excluding hydrogens is 789 g/mol. The summed E-state index contributed by atoms with van der Waals surface area (Å²) < 4.78 is 37.0. The highest BCUT2D eigenvalue weighted by Gasteiger charge is 2.67. The quantitative estimate of drug-likeness (QED) is 0.0605. The number of rotatable bonds is 22. The van der Waals surface area contributed by atoms with Crippen molar-refractivity contribution in [2.45, 2.75) is 89.1 Å². The van der Waals surface area contributed by atoms with E-state index in [2.05, 4.69) is 59.2 Å². The number of hydrogen-bond donors (Lipinski definition) is 2. The summed E-state index contributed by atoms with van der Waals surface area (Å²) in [4.78, 5) is 31.6. The second-order valence-corrected chi connectivity index (χ2v) is 21.0. The maximum atomic E-state index is 15.8. The molecule has 0 aromatic heterocycles. The third kappa shape index (κ3) is 7.32. The molecule has 4 aromatic carbocycles. The van der Waals surface area contributed by atoms with Crippen LogP contribution < -0.4 is 10.6 Å². The normalized spacial score (nSPS) is 21.0. The summed E-state index contributed by atoms with van der Waals surface area (Å²) in [5.41, 5.74) is 5.36. The van der Waals surface area contributed by atoms with Crippen LogP contribution in [0.3, 0.4) is 0 Å². The largest absolute Gasteiger partial charge is 0.500 e. The van der Waals surface area contributed by atoms with Gasteiger partial charge in [-0.25, -0.2) is 0 Å². The molecule has 6 aliphatic rings. The number of benzene rings is 4. The van der Waals surface area contributed by atoms with Crippen molar-refractivity contribution in [3.8, 4) is 0 Å². The lowest BCUT2D eigenvalue weighted by atomic mass is 9.42. The molecule has 0 unspecified atom stereocenters. The average molecular weight is 851 g/mol.